The molecule has 0 saturated heterocycles. The highest BCUT2D eigenvalue weighted by molar-refractivity contribution is 4.60. The van der Waals surface area contributed by atoms with E-state index in [0.29, 0.717) is 6.04 Å². The summed E-state index contributed by atoms with van der Waals surface area (Å²) < 4.78 is 0. The van der Waals surface area contributed by atoms with Crippen molar-refractivity contribution in [1.29, 1.82) is 0 Å². The molecule has 0 saturated carbocycles. The third-order valence-electron chi connectivity index (χ3n) is 1.25. The van der Waals surface area contributed by atoms with E-state index in [1.54, 1.807) is 0 Å². The zero-order chi connectivity index (χ0) is 7.11. The molecule has 0 aliphatic heterocycles. The first-order valence-corrected chi connectivity index (χ1v) is 3.69. The molecule has 0 bridgehead atoms. The van der Waals surface area contributed by atoms with Gasteiger partial charge < -0.3 is 10.6 Å². The molecule has 0 heterocycles. The van der Waals surface area contributed by atoms with E-state index in [4.69, 9.17) is 0 Å². The van der Waals surface area contributed by atoms with Gasteiger partial charge in [0.2, 0.25) is 0 Å². The molecule has 0 aliphatic carbocycles. The predicted molar refractivity (Wildman–Crippen MR) is 41.7 cm³/mol. The Balaban J connectivity index is 2.95. The van der Waals surface area contributed by atoms with E-state index in [2.05, 4.69) is 24.5 Å². The molecule has 0 aromatic heterocycles. The summed E-state index contributed by atoms with van der Waals surface area (Å²) in [6.45, 7) is 6.55. The fraction of sp³-hybridized carbons (Fsp3) is 1.00. The van der Waals surface area contributed by atoms with Crippen LogP contribution in [0.5, 0.6) is 0 Å². The third-order valence-corrected chi connectivity index (χ3v) is 1.25. The minimum Gasteiger partial charge on any atom is -0.318 e. The zero-order valence-electron chi connectivity index (χ0n) is 6.70. The second kappa shape index (κ2) is 6.05. The smallest absolute Gasteiger partial charge is 0.0164 e. The van der Waals surface area contributed by atoms with E-state index in [9.17, 15) is 0 Å². The topological polar surface area (TPSA) is 24.1 Å². The van der Waals surface area contributed by atoms with Crippen molar-refractivity contribution in [2.45, 2.75) is 26.3 Å². The third kappa shape index (κ3) is 5.80. The SMILES string of the molecule is CCCN[C@@H](C)CNC. The Labute approximate surface area is 58.0 Å². The molecule has 0 aromatic rings. The molecule has 0 unspecified atom stereocenters. The first-order valence-electron chi connectivity index (χ1n) is 3.69. The van der Waals surface area contributed by atoms with Gasteiger partial charge in [-0.3, -0.25) is 0 Å². The largest absolute Gasteiger partial charge is 0.318 e. The van der Waals surface area contributed by atoms with E-state index >= 15 is 0 Å². The van der Waals surface area contributed by atoms with Gasteiger partial charge in [-0.25, -0.2) is 0 Å². The Hall–Kier alpha value is -0.0800. The van der Waals surface area contributed by atoms with Crippen molar-refractivity contribution < 1.29 is 0 Å². The van der Waals surface area contributed by atoms with Crippen LogP contribution in [-0.4, -0.2) is 26.2 Å². The molecule has 0 spiro atoms. The van der Waals surface area contributed by atoms with E-state index in [-0.39, 0.29) is 0 Å². The summed E-state index contributed by atoms with van der Waals surface area (Å²) in [5.74, 6) is 0. The molecule has 56 valence electrons. The van der Waals surface area contributed by atoms with Gasteiger partial charge in [-0.05, 0) is 26.9 Å². The molecule has 0 amide bonds. The van der Waals surface area contributed by atoms with Crippen LogP contribution in [0.25, 0.3) is 0 Å². The summed E-state index contributed by atoms with van der Waals surface area (Å²) in [6, 6.07) is 0.606. The predicted octanol–water partition coefficient (Wildman–Crippen LogP) is 0.594. The van der Waals surface area contributed by atoms with Gasteiger partial charge in [-0.15, -0.1) is 0 Å². The Morgan fingerprint density at radius 3 is 2.56 bits per heavy atom. The monoisotopic (exact) mass is 130 g/mol. The summed E-state index contributed by atoms with van der Waals surface area (Å²) in [4.78, 5) is 0. The van der Waals surface area contributed by atoms with Crippen LogP contribution in [0.4, 0.5) is 0 Å². The standard InChI is InChI=1S/C7H18N2/c1-4-5-9-7(2)6-8-3/h7-9H,4-6H2,1-3H3/t7-/m0/s1. The van der Waals surface area contributed by atoms with Crippen LogP contribution in [0.3, 0.4) is 0 Å². The van der Waals surface area contributed by atoms with Gasteiger partial charge in [-0.1, -0.05) is 6.92 Å². The quantitative estimate of drug-likeness (QED) is 0.569. The van der Waals surface area contributed by atoms with Gasteiger partial charge in [0.15, 0.2) is 0 Å². The molecule has 0 aliphatic rings. The van der Waals surface area contributed by atoms with Gasteiger partial charge in [0.1, 0.15) is 0 Å². The lowest BCUT2D eigenvalue weighted by atomic mass is 10.3. The molecular weight excluding hydrogens is 112 g/mol. The van der Waals surface area contributed by atoms with E-state index in [1.807, 2.05) is 7.05 Å². The number of rotatable bonds is 5. The lowest BCUT2D eigenvalue weighted by Crippen LogP contribution is -2.35. The average Bonchev–Trinajstić information content (AvgIpc) is 1.85. The van der Waals surface area contributed by atoms with Crippen molar-refractivity contribution in [1.82, 2.24) is 10.6 Å². The maximum atomic E-state index is 3.37. The summed E-state index contributed by atoms with van der Waals surface area (Å²) in [6.07, 6.45) is 1.22. The van der Waals surface area contributed by atoms with Crippen LogP contribution in [0.1, 0.15) is 20.3 Å². The molecule has 0 aromatic carbocycles. The summed E-state index contributed by atoms with van der Waals surface area (Å²) in [7, 11) is 1.98. The molecular formula is C7H18N2. The van der Waals surface area contributed by atoms with Crippen LogP contribution in [0, 0.1) is 0 Å². The molecule has 2 nitrogen and oxygen atoms in total. The average molecular weight is 130 g/mol. The van der Waals surface area contributed by atoms with E-state index in [1.165, 1.54) is 6.42 Å². The normalized spacial score (nSPS) is 13.7. The Morgan fingerprint density at radius 2 is 2.11 bits per heavy atom. The molecule has 0 fully saturated rings. The maximum absolute atomic E-state index is 3.37. The first-order chi connectivity index (χ1) is 4.31. The van der Waals surface area contributed by atoms with Crippen LogP contribution >= 0.6 is 0 Å². The number of hydrogen-bond donors (Lipinski definition) is 2. The Kier molecular flexibility index (Phi) is 5.99. The minimum absolute atomic E-state index is 0.606. The van der Waals surface area contributed by atoms with Gasteiger partial charge in [0.25, 0.3) is 0 Å². The molecule has 2 N–H and O–H groups in total. The fourth-order valence-electron chi connectivity index (χ4n) is 0.769. The van der Waals surface area contributed by atoms with Gasteiger partial charge in [0.05, 0.1) is 0 Å². The van der Waals surface area contributed by atoms with Crippen LogP contribution in [0.15, 0.2) is 0 Å². The van der Waals surface area contributed by atoms with Crippen molar-refractivity contribution in [2.24, 2.45) is 0 Å². The molecule has 0 radical (unpaired) electrons. The summed E-state index contributed by atoms with van der Waals surface area (Å²) in [5, 5.41) is 6.48. The Morgan fingerprint density at radius 1 is 1.44 bits per heavy atom. The molecule has 9 heavy (non-hydrogen) atoms. The Bertz CT molecular complexity index is 54.9. The highest BCUT2D eigenvalue weighted by atomic mass is 15.0. The lowest BCUT2D eigenvalue weighted by molar-refractivity contribution is 0.522. The fourth-order valence-corrected chi connectivity index (χ4v) is 0.769. The highest BCUT2D eigenvalue weighted by Crippen LogP contribution is 1.78. The van der Waals surface area contributed by atoms with E-state index < -0.39 is 0 Å². The molecule has 0 rings (SSSR count). The lowest BCUT2D eigenvalue weighted by Gasteiger charge is -2.11. The van der Waals surface area contributed by atoms with Crippen molar-refractivity contribution in [3.8, 4) is 0 Å². The second-order valence-corrected chi connectivity index (χ2v) is 2.41. The summed E-state index contributed by atoms with van der Waals surface area (Å²) >= 11 is 0. The highest BCUT2D eigenvalue weighted by Gasteiger charge is 1.94. The van der Waals surface area contributed by atoms with Gasteiger partial charge >= 0.3 is 0 Å². The van der Waals surface area contributed by atoms with Crippen molar-refractivity contribution >= 4 is 0 Å². The van der Waals surface area contributed by atoms with Gasteiger partial charge in [-0.2, -0.15) is 0 Å². The number of likely N-dealkylation sites (N-methyl/N-ethyl adjacent to an activating group) is 1. The van der Waals surface area contributed by atoms with Crippen molar-refractivity contribution in [2.75, 3.05) is 20.1 Å². The minimum atomic E-state index is 0.606. The zero-order valence-corrected chi connectivity index (χ0v) is 6.70. The second-order valence-electron chi connectivity index (χ2n) is 2.41. The molecule has 1 atom stereocenters. The van der Waals surface area contributed by atoms with Crippen molar-refractivity contribution in [3.05, 3.63) is 0 Å². The van der Waals surface area contributed by atoms with Crippen LogP contribution in [-0.2, 0) is 0 Å². The van der Waals surface area contributed by atoms with Crippen LogP contribution in [0.2, 0.25) is 0 Å². The van der Waals surface area contributed by atoms with Gasteiger partial charge in [0, 0.05) is 12.6 Å². The maximum Gasteiger partial charge on any atom is 0.0164 e. The summed E-state index contributed by atoms with van der Waals surface area (Å²) in [5.41, 5.74) is 0. The van der Waals surface area contributed by atoms with Crippen molar-refractivity contribution in [3.63, 3.8) is 0 Å². The molecule has 2 heteroatoms. The number of hydrogen-bond acceptors (Lipinski definition) is 2. The number of nitrogens with one attached hydrogen (secondary N) is 2. The van der Waals surface area contributed by atoms with Crippen LogP contribution < -0.4 is 10.6 Å². The first kappa shape index (κ1) is 8.92. The van der Waals surface area contributed by atoms with E-state index in [0.717, 1.165) is 13.1 Å².